The van der Waals surface area contributed by atoms with Crippen molar-refractivity contribution >= 4 is 0 Å². The summed E-state index contributed by atoms with van der Waals surface area (Å²) in [7, 11) is 0. The minimum Gasteiger partial charge on any atom is -0.465 e. The number of rotatable bonds is 3. The van der Waals surface area contributed by atoms with E-state index < -0.39 is 0 Å². The molecule has 102 valence electrons. The molecule has 0 aliphatic carbocycles. The summed E-state index contributed by atoms with van der Waals surface area (Å²) in [4.78, 5) is 0. The Balaban J connectivity index is 2.20. The smallest absolute Gasteiger partial charge is 0.116 e. The molecule has 3 rings (SSSR count). The fraction of sp³-hybridized carbons (Fsp3) is 0.100. The highest BCUT2D eigenvalue weighted by Crippen LogP contribution is 2.34. The average Bonchev–Trinajstić information content (AvgIpc) is 2.95. The zero-order chi connectivity index (χ0) is 14.7. The van der Waals surface area contributed by atoms with Crippen molar-refractivity contribution in [1.29, 1.82) is 0 Å². The molecular formula is C20H16O. The van der Waals surface area contributed by atoms with Gasteiger partial charge in [-0.15, -0.1) is 6.42 Å². The Labute approximate surface area is 125 Å². The van der Waals surface area contributed by atoms with Crippen LogP contribution in [0.15, 0.2) is 71.1 Å². The van der Waals surface area contributed by atoms with E-state index in [1.807, 2.05) is 55.5 Å². The van der Waals surface area contributed by atoms with Gasteiger partial charge in [0.05, 0.1) is 5.92 Å². The molecule has 3 aromatic rings. The van der Waals surface area contributed by atoms with Crippen molar-refractivity contribution in [3.8, 4) is 12.3 Å². The summed E-state index contributed by atoms with van der Waals surface area (Å²) in [5.41, 5.74) is 3.18. The SMILES string of the molecule is C#Cc1ccccc1C(c1ccccc1)c1ccc(C)o1. The van der Waals surface area contributed by atoms with Crippen LogP contribution >= 0.6 is 0 Å². The maximum absolute atomic E-state index is 5.89. The van der Waals surface area contributed by atoms with Crippen molar-refractivity contribution in [2.24, 2.45) is 0 Å². The first-order chi connectivity index (χ1) is 10.3. The molecule has 0 saturated heterocycles. The van der Waals surface area contributed by atoms with Crippen LogP contribution in [0.1, 0.15) is 34.1 Å². The lowest BCUT2D eigenvalue weighted by Gasteiger charge is -2.17. The third kappa shape index (κ3) is 2.61. The Morgan fingerprint density at radius 2 is 1.62 bits per heavy atom. The fourth-order valence-electron chi connectivity index (χ4n) is 2.63. The van der Waals surface area contributed by atoms with Gasteiger partial charge < -0.3 is 4.42 Å². The predicted octanol–water partition coefficient (Wildman–Crippen LogP) is 4.75. The van der Waals surface area contributed by atoms with Crippen LogP contribution in [-0.2, 0) is 0 Å². The quantitative estimate of drug-likeness (QED) is 0.627. The molecule has 0 radical (unpaired) electrons. The van der Waals surface area contributed by atoms with E-state index in [-0.39, 0.29) is 5.92 Å². The van der Waals surface area contributed by atoms with E-state index in [1.165, 1.54) is 5.56 Å². The summed E-state index contributed by atoms with van der Waals surface area (Å²) in [6.07, 6.45) is 5.67. The highest BCUT2D eigenvalue weighted by atomic mass is 16.3. The molecule has 1 atom stereocenters. The van der Waals surface area contributed by atoms with Gasteiger partial charge in [-0.1, -0.05) is 54.5 Å². The van der Waals surface area contributed by atoms with Crippen LogP contribution in [0.2, 0.25) is 0 Å². The number of benzene rings is 2. The lowest BCUT2D eigenvalue weighted by Crippen LogP contribution is -2.04. The van der Waals surface area contributed by atoms with Crippen LogP contribution in [0.25, 0.3) is 0 Å². The van der Waals surface area contributed by atoms with Gasteiger partial charge in [0.2, 0.25) is 0 Å². The summed E-state index contributed by atoms with van der Waals surface area (Å²) < 4.78 is 5.89. The van der Waals surface area contributed by atoms with Crippen molar-refractivity contribution in [3.05, 3.63) is 94.9 Å². The lowest BCUT2D eigenvalue weighted by atomic mass is 9.86. The van der Waals surface area contributed by atoms with E-state index in [0.29, 0.717) is 0 Å². The van der Waals surface area contributed by atoms with Gasteiger partial charge in [-0.25, -0.2) is 0 Å². The van der Waals surface area contributed by atoms with Gasteiger partial charge in [-0.05, 0) is 36.2 Å². The highest BCUT2D eigenvalue weighted by molar-refractivity contribution is 5.49. The van der Waals surface area contributed by atoms with Crippen LogP contribution in [0, 0.1) is 19.3 Å². The monoisotopic (exact) mass is 272 g/mol. The average molecular weight is 272 g/mol. The second kappa shape index (κ2) is 5.73. The predicted molar refractivity (Wildman–Crippen MR) is 85.2 cm³/mol. The van der Waals surface area contributed by atoms with Gasteiger partial charge in [0.1, 0.15) is 11.5 Å². The molecule has 0 aliphatic rings. The molecule has 1 nitrogen and oxygen atoms in total. The van der Waals surface area contributed by atoms with Crippen molar-refractivity contribution in [3.63, 3.8) is 0 Å². The van der Waals surface area contributed by atoms with Crippen LogP contribution in [0.3, 0.4) is 0 Å². The second-order valence-electron chi connectivity index (χ2n) is 5.02. The third-order valence-corrected chi connectivity index (χ3v) is 3.61. The molecule has 0 N–H and O–H groups in total. The standard InChI is InChI=1S/C20H16O/c1-3-16-9-7-8-12-18(16)20(17-10-5-4-6-11-17)19-14-13-15(2)21-19/h1,4-14,20H,2H3. The van der Waals surface area contributed by atoms with Gasteiger partial charge in [0.15, 0.2) is 0 Å². The van der Waals surface area contributed by atoms with Crippen molar-refractivity contribution in [2.45, 2.75) is 12.8 Å². The Morgan fingerprint density at radius 1 is 0.905 bits per heavy atom. The Bertz CT molecular complexity index is 775. The summed E-state index contributed by atoms with van der Waals surface area (Å²) in [6.45, 7) is 1.96. The van der Waals surface area contributed by atoms with E-state index in [0.717, 1.165) is 22.6 Å². The van der Waals surface area contributed by atoms with Crippen molar-refractivity contribution in [2.75, 3.05) is 0 Å². The molecule has 1 unspecified atom stereocenters. The molecule has 0 saturated carbocycles. The molecular weight excluding hydrogens is 256 g/mol. The van der Waals surface area contributed by atoms with Gasteiger partial charge in [-0.2, -0.15) is 0 Å². The summed E-state index contributed by atoms with van der Waals surface area (Å²) in [5, 5.41) is 0. The number of terminal acetylenes is 1. The molecule has 0 aliphatic heterocycles. The molecule has 0 amide bonds. The highest BCUT2D eigenvalue weighted by Gasteiger charge is 2.21. The van der Waals surface area contributed by atoms with Gasteiger partial charge in [0.25, 0.3) is 0 Å². The number of furan rings is 1. The van der Waals surface area contributed by atoms with E-state index in [2.05, 4.69) is 24.1 Å². The van der Waals surface area contributed by atoms with E-state index in [4.69, 9.17) is 10.8 Å². The molecule has 2 aromatic carbocycles. The molecule has 0 spiro atoms. The van der Waals surface area contributed by atoms with Crippen LogP contribution in [-0.4, -0.2) is 0 Å². The minimum absolute atomic E-state index is 0.0205. The number of aryl methyl sites for hydroxylation is 1. The fourth-order valence-corrected chi connectivity index (χ4v) is 2.63. The number of hydrogen-bond acceptors (Lipinski definition) is 1. The zero-order valence-electron chi connectivity index (χ0n) is 11.9. The van der Waals surface area contributed by atoms with Crippen LogP contribution in [0.4, 0.5) is 0 Å². The minimum atomic E-state index is 0.0205. The maximum atomic E-state index is 5.89. The summed E-state index contributed by atoms with van der Waals surface area (Å²) in [6, 6.07) is 22.4. The first-order valence-electron chi connectivity index (χ1n) is 6.96. The van der Waals surface area contributed by atoms with Gasteiger partial charge in [-0.3, -0.25) is 0 Å². The summed E-state index contributed by atoms with van der Waals surface area (Å²) >= 11 is 0. The third-order valence-electron chi connectivity index (χ3n) is 3.61. The number of hydrogen-bond donors (Lipinski definition) is 0. The largest absolute Gasteiger partial charge is 0.465 e. The van der Waals surface area contributed by atoms with E-state index >= 15 is 0 Å². The molecule has 1 heteroatoms. The van der Waals surface area contributed by atoms with Gasteiger partial charge in [0, 0.05) is 5.56 Å². The van der Waals surface area contributed by atoms with Gasteiger partial charge >= 0.3 is 0 Å². The van der Waals surface area contributed by atoms with E-state index in [1.54, 1.807) is 0 Å². The molecule has 0 bridgehead atoms. The topological polar surface area (TPSA) is 13.1 Å². The normalized spacial score (nSPS) is 11.8. The van der Waals surface area contributed by atoms with Crippen LogP contribution in [0.5, 0.6) is 0 Å². The second-order valence-corrected chi connectivity index (χ2v) is 5.02. The first kappa shape index (κ1) is 13.3. The summed E-state index contributed by atoms with van der Waals surface area (Å²) in [5.74, 6) is 4.63. The van der Waals surface area contributed by atoms with Crippen molar-refractivity contribution in [1.82, 2.24) is 0 Å². The lowest BCUT2D eigenvalue weighted by molar-refractivity contribution is 0.478. The molecule has 1 aromatic heterocycles. The molecule has 21 heavy (non-hydrogen) atoms. The maximum Gasteiger partial charge on any atom is 0.116 e. The molecule has 1 heterocycles. The Hall–Kier alpha value is -2.72. The Morgan fingerprint density at radius 3 is 2.29 bits per heavy atom. The van der Waals surface area contributed by atoms with Crippen LogP contribution < -0.4 is 0 Å². The van der Waals surface area contributed by atoms with E-state index in [9.17, 15) is 0 Å². The molecule has 0 fully saturated rings. The first-order valence-corrected chi connectivity index (χ1v) is 6.96. The van der Waals surface area contributed by atoms with Crippen molar-refractivity contribution < 1.29 is 4.42 Å². The Kier molecular flexibility index (Phi) is 3.62. The zero-order valence-corrected chi connectivity index (χ0v) is 11.9.